The minimum atomic E-state index is -0.104. The van der Waals surface area contributed by atoms with Crippen LogP contribution in [0.25, 0.3) is 10.8 Å². The number of nitrogen functional groups attached to an aromatic ring is 1. The zero-order chi connectivity index (χ0) is 15.6. The van der Waals surface area contributed by atoms with Crippen LogP contribution in [0.4, 0.5) is 5.82 Å². The predicted molar refractivity (Wildman–Crippen MR) is 86.0 cm³/mol. The molecule has 3 N–H and O–H groups in total. The van der Waals surface area contributed by atoms with Gasteiger partial charge >= 0.3 is 0 Å². The molecule has 5 nitrogen and oxygen atoms in total. The Labute approximate surface area is 125 Å². The van der Waals surface area contributed by atoms with Gasteiger partial charge in [0, 0.05) is 19.0 Å². The molecule has 0 fully saturated rings. The molecule has 1 heterocycles. The number of hydrogen-bond donors (Lipinski definition) is 2. The Kier molecular flexibility index (Phi) is 4.14. The topological polar surface area (TPSA) is 71.2 Å². The molecule has 0 saturated carbocycles. The van der Waals surface area contributed by atoms with Crippen molar-refractivity contribution in [3.63, 3.8) is 0 Å². The number of anilines is 1. The van der Waals surface area contributed by atoms with Crippen LogP contribution in [-0.2, 0) is 0 Å². The van der Waals surface area contributed by atoms with Crippen LogP contribution < -0.4 is 11.3 Å². The lowest BCUT2D eigenvalue weighted by Gasteiger charge is -2.26. The summed E-state index contributed by atoms with van der Waals surface area (Å²) in [7, 11) is 1.79. The molecule has 1 aromatic carbocycles. The Morgan fingerprint density at radius 1 is 1.33 bits per heavy atom. The highest BCUT2D eigenvalue weighted by Crippen LogP contribution is 2.23. The molecule has 0 bridgehead atoms. The van der Waals surface area contributed by atoms with Gasteiger partial charge < -0.3 is 10.3 Å². The molecular weight excluding hydrogens is 264 g/mol. The molecule has 2 aromatic rings. The fourth-order valence-electron chi connectivity index (χ4n) is 2.40. The van der Waals surface area contributed by atoms with Crippen LogP contribution >= 0.6 is 0 Å². The smallest absolute Gasteiger partial charge is 0.272 e. The van der Waals surface area contributed by atoms with Gasteiger partial charge in [-0.1, -0.05) is 45.0 Å². The fraction of sp³-hybridized carbons (Fsp3) is 0.375. The first-order valence-corrected chi connectivity index (χ1v) is 6.94. The lowest BCUT2D eigenvalue weighted by Crippen LogP contribution is -2.35. The van der Waals surface area contributed by atoms with E-state index in [1.807, 2.05) is 24.3 Å². The minimum Gasteiger partial charge on any atom is -0.340 e. The Morgan fingerprint density at radius 2 is 2.00 bits per heavy atom. The molecule has 0 aliphatic heterocycles. The SMILES string of the molecule is CN(CC(C)(C)C)C(=O)c1cc2ccccc2c(NN)n1. The van der Waals surface area contributed by atoms with E-state index in [-0.39, 0.29) is 11.3 Å². The van der Waals surface area contributed by atoms with Crippen molar-refractivity contribution in [3.8, 4) is 0 Å². The van der Waals surface area contributed by atoms with Gasteiger partial charge in [-0.25, -0.2) is 10.8 Å². The fourth-order valence-corrected chi connectivity index (χ4v) is 2.40. The first-order valence-electron chi connectivity index (χ1n) is 6.94. The van der Waals surface area contributed by atoms with Gasteiger partial charge in [-0.05, 0) is 16.9 Å². The summed E-state index contributed by atoms with van der Waals surface area (Å²) < 4.78 is 0. The van der Waals surface area contributed by atoms with Gasteiger partial charge in [0.15, 0.2) is 0 Å². The second kappa shape index (κ2) is 5.69. The van der Waals surface area contributed by atoms with Gasteiger partial charge in [0.05, 0.1) is 0 Å². The number of hydrogen-bond acceptors (Lipinski definition) is 4. The molecular formula is C16H22N4O. The lowest BCUT2D eigenvalue weighted by atomic mass is 9.96. The summed E-state index contributed by atoms with van der Waals surface area (Å²) in [6.45, 7) is 6.94. The van der Waals surface area contributed by atoms with Crippen molar-refractivity contribution in [3.05, 3.63) is 36.0 Å². The summed E-state index contributed by atoms with van der Waals surface area (Å²) in [5.74, 6) is 5.94. The average Bonchev–Trinajstić information content (AvgIpc) is 2.43. The Balaban J connectivity index is 2.40. The number of pyridine rings is 1. The molecule has 112 valence electrons. The van der Waals surface area contributed by atoms with Crippen LogP contribution in [0.15, 0.2) is 30.3 Å². The largest absolute Gasteiger partial charge is 0.340 e. The number of rotatable bonds is 3. The molecule has 0 spiro atoms. The maximum absolute atomic E-state index is 12.5. The van der Waals surface area contributed by atoms with E-state index in [0.717, 1.165) is 10.8 Å². The Hall–Kier alpha value is -2.14. The third kappa shape index (κ3) is 3.49. The second-order valence-electron chi connectivity index (χ2n) is 6.44. The number of nitrogens with one attached hydrogen (secondary N) is 1. The zero-order valence-corrected chi connectivity index (χ0v) is 13.0. The van der Waals surface area contributed by atoms with Crippen molar-refractivity contribution in [2.24, 2.45) is 11.3 Å². The first kappa shape index (κ1) is 15.3. The van der Waals surface area contributed by atoms with Crippen molar-refractivity contribution < 1.29 is 4.79 Å². The minimum absolute atomic E-state index is 0.0379. The molecule has 1 aromatic heterocycles. The summed E-state index contributed by atoms with van der Waals surface area (Å²) in [5.41, 5.74) is 3.01. The van der Waals surface area contributed by atoms with E-state index in [0.29, 0.717) is 18.1 Å². The summed E-state index contributed by atoms with van der Waals surface area (Å²) in [5, 5.41) is 1.84. The monoisotopic (exact) mass is 286 g/mol. The normalized spacial score (nSPS) is 11.5. The molecule has 0 aliphatic carbocycles. The summed E-state index contributed by atoms with van der Waals surface area (Å²) in [6.07, 6.45) is 0. The van der Waals surface area contributed by atoms with Crippen molar-refractivity contribution in [1.82, 2.24) is 9.88 Å². The zero-order valence-electron chi connectivity index (χ0n) is 13.0. The van der Waals surface area contributed by atoms with Crippen LogP contribution in [0.2, 0.25) is 0 Å². The van der Waals surface area contributed by atoms with Crippen LogP contribution in [-0.4, -0.2) is 29.4 Å². The van der Waals surface area contributed by atoms with Crippen LogP contribution in [0.5, 0.6) is 0 Å². The summed E-state index contributed by atoms with van der Waals surface area (Å²) in [4.78, 5) is 18.6. The van der Waals surface area contributed by atoms with Crippen molar-refractivity contribution in [1.29, 1.82) is 0 Å². The quantitative estimate of drug-likeness (QED) is 0.672. The molecule has 0 aliphatic rings. The molecule has 0 saturated heterocycles. The van der Waals surface area contributed by atoms with E-state index in [4.69, 9.17) is 5.84 Å². The summed E-state index contributed by atoms with van der Waals surface area (Å²) in [6, 6.07) is 9.51. The number of nitrogens with zero attached hydrogens (tertiary/aromatic N) is 2. The highest BCUT2D eigenvalue weighted by molar-refractivity contribution is 6.00. The highest BCUT2D eigenvalue weighted by Gasteiger charge is 2.20. The molecule has 0 radical (unpaired) electrons. The van der Waals surface area contributed by atoms with Gasteiger partial charge in [0.1, 0.15) is 11.5 Å². The third-order valence-electron chi connectivity index (χ3n) is 3.15. The number of benzene rings is 1. The van der Waals surface area contributed by atoms with Gasteiger partial charge in [-0.2, -0.15) is 0 Å². The number of carbonyl (C=O) groups is 1. The van der Waals surface area contributed by atoms with E-state index in [1.165, 1.54) is 0 Å². The molecule has 2 rings (SSSR count). The van der Waals surface area contributed by atoms with E-state index in [9.17, 15) is 4.79 Å². The number of nitrogens with two attached hydrogens (primary N) is 1. The number of fused-ring (bicyclic) bond motifs is 1. The van der Waals surface area contributed by atoms with E-state index < -0.39 is 0 Å². The molecule has 5 heteroatoms. The number of aromatic nitrogens is 1. The first-order chi connectivity index (χ1) is 9.81. The van der Waals surface area contributed by atoms with Gasteiger partial charge in [0.25, 0.3) is 5.91 Å². The number of carbonyl (C=O) groups excluding carboxylic acids is 1. The van der Waals surface area contributed by atoms with Crippen LogP contribution in [0.1, 0.15) is 31.3 Å². The van der Waals surface area contributed by atoms with Crippen LogP contribution in [0, 0.1) is 5.41 Å². The second-order valence-corrected chi connectivity index (χ2v) is 6.44. The lowest BCUT2D eigenvalue weighted by molar-refractivity contribution is 0.0740. The van der Waals surface area contributed by atoms with E-state index >= 15 is 0 Å². The van der Waals surface area contributed by atoms with Crippen molar-refractivity contribution >= 4 is 22.5 Å². The van der Waals surface area contributed by atoms with Gasteiger partial charge in [0.2, 0.25) is 0 Å². The van der Waals surface area contributed by atoms with Crippen molar-refractivity contribution in [2.75, 3.05) is 19.0 Å². The van der Waals surface area contributed by atoms with E-state index in [2.05, 4.69) is 31.2 Å². The maximum atomic E-state index is 12.5. The van der Waals surface area contributed by atoms with E-state index in [1.54, 1.807) is 18.0 Å². The van der Waals surface area contributed by atoms with Gasteiger partial charge in [-0.15, -0.1) is 0 Å². The predicted octanol–water partition coefficient (Wildman–Crippen LogP) is 2.64. The maximum Gasteiger partial charge on any atom is 0.272 e. The highest BCUT2D eigenvalue weighted by atomic mass is 16.2. The molecule has 0 unspecified atom stereocenters. The number of amides is 1. The Morgan fingerprint density at radius 3 is 2.62 bits per heavy atom. The molecule has 0 atom stereocenters. The standard InChI is InChI=1S/C16H22N4O/c1-16(2,3)10-20(4)15(21)13-9-11-7-5-6-8-12(11)14(18-13)19-17/h5-9H,10,17H2,1-4H3,(H,18,19). The number of hydrazine groups is 1. The third-order valence-corrected chi connectivity index (χ3v) is 3.15. The average molecular weight is 286 g/mol. The molecule has 1 amide bonds. The molecule has 21 heavy (non-hydrogen) atoms. The summed E-state index contributed by atoms with van der Waals surface area (Å²) >= 11 is 0. The van der Waals surface area contributed by atoms with Crippen molar-refractivity contribution in [2.45, 2.75) is 20.8 Å². The van der Waals surface area contributed by atoms with Crippen LogP contribution in [0.3, 0.4) is 0 Å². The Bertz CT molecular complexity index is 661. The van der Waals surface area contributed by atoms with Gasteiger partial charge in [-0.3, -0.25) is 4.79 Å².